The van der Waals surface area contributed by atoms with Crippen LogP contribution in [0.15, 0.2) is 70.3 Å². The van der Waals surface area contributed by atoms with Gasteiger partial charge in [-0.25, -0.2) is 9.59 Å². The molecule has 2 heterocycles. The molecule has 4 aromatic rings. The molecule has 0 bridgehead atoms. The molecule has 0 radical (unpaired) electrons. The first-order chi connectivity index (χ1) is 18.1. The van der Waals surface area contributed by atoms with Gasteiger partial charge >= 0.3 is 11.7 Å². The maximum atomic E-state index is 13.5. The molecule has 198 valence electrons. The lowest BCUT2D eigenvalue weighted by Crippen LogP contribution is -2.38. The van der Waals surface area contributed by atoms with Crippen molar-refractivity contribution in [2.75, 3.05) is 0 Å². The van der Waals surface area contributed by atoms with Crippen LogP contribution in [-0.4, -0.2) is 30.0 Å². The van der Waals surface area contributed by atoms with Crippen LogP contribution in [0.5, 0.6) is 0 Å². The highest BCUT2D eigenvalue weighted by molar-refractivity contribution is 5.94. The molecule has 0 fully saturated rings. The Hall–Kier alpha value is -4.20. The SMILES string of the molecule is CC(C)CC=C(Cn1nc2c(c1-c1cccc(C(=O)O)c1)c(=O)n(C)c(=O)n2CC(C)C)c1ccccc1. The highest BCUT2D eigenvalue weighted by Crippen LogP contribution is 2.30. The molecule has 2 aromatic heterocycles. The zero-order valence-corrected chi connectivity index (χ0v) is 22.5. The zero-order valence-electron chi connectivity index (χ0n) is 22.5. The second-order valence-corrected chi connectivity index (χ2v) is 10.5. The second-order valence-electron chi connectivity index (χ2n) is 10.5. The van der Waals surface area contributed by atoms with Crippen molar-refractivity contribution in [1.29, 1.82) is 0 Å². The average molecular weight is 515 g/mol. The van der Waals surface area contributed by atoms with Crippen molar-refractivity contribution in [2.24, 2.45) is 18.9 Å². The predicted molar refractivity (Wildman–Crippen MR) is 150 cm³/mol. The van der Waals surface area contributed by atoms with Gasteiger partial charge in [-0.15, -0.1) is 0 Å². The van der Waals surface area contributed by atoms with Crippen LogP contribution in [0.25, 0.3) is 27.9 Å². The van der Waals surface area contributed by atoms with E-state index in [1.807, 2.05) is 44.2 Å². The maximum absolute atomic E-state index is 13.5. The third kappa shape index (κ3) is 5.39. The number of hydrogen-bond acceptors (Lipinski definition) is 4. The van der Waals surface area contributed by atoms with E-state index in [9.17, 15) is 19.5 Å². The number of carbonyl (C=O) groups is 1. The Labute approximate surface area is 221 Å². The van der Waals surface area contributed by atoms with E-state index in [1.54, 1.807) is 27.4 Å². The molecular weight excluding hydrogens is 480 g/mol. The van der Waals surface area contributed by atoms with Gasteiger partial charge in [-0.1, -0.05) is 76.2 Å². The van der Waals surface area contributed by atoms with Gasteiger partial charge < -0.3 is 5.11 Å². The number of hydrogen-bond donors (Lipinski definition) is 1. The van der Waals surface area contributed by atoms with Gasteiger partial charge in [0, 0.05) is 19.2 Å². The summed E-state index contributed by atoms with van der Waals surface area (Å²) in [5.41, 5.74) is 2.63. The molecule has 0 spiro atoms. The van der Waals surface area contributed by atoms with Crippen molar-refractivity contribution < 1.29 is 9.90 Å². The minimum absolute atomic E-state index is 0.106. The van der Waals surface area contributed by atoms with Crippen molar-refractivity contribution in [3.05, 3.63) is 92.6 Å². The number of aromatic carboxylic acids is 1. The molecule has 38 heavy (non-hydrogen) atoms. The molecule has 0 saturated heterocycles. The zero-order chi connectivity index (χ0) is 27.6. The average Bonchev–Trinajstić information content (AvgIpc) is 3.27. The lowest BCUT2D eigenvalue weighted by atomic mass is 10.0. The number of nitrogens with zero attached hydrogens (tertiary/aromatic N) is 4. The Kier molecular flexibility index (Phi) is 7.80. The van der Waals surface area contributed by atoms with E-state index in [4.69, 9.17) is 5.10 Å². The van der Waals surface area contributed by atoms with Gasteiger partial charge in [-0.2, -0.15) is 5.10 Å². The van der Waals surface area contributed by atoms with Crippen molar-refractivity contribution in [2.45, 2.75) is 47.2 Å². The highest BCUT2D eigenvalue weighted by Gasteiger charge is 2.24. The van der Waals surface area contributed by atoms with Gasteiger partial charge in [0.15, 0.2) is 5.65 Å². The van der Waals surface area contributed by atoms with Crippen LogP contribution in [0.1, 0.15) is 50.0 Å². The molecule has 0 aliphatic rings. The number of fused-ring (bicyclic) bond motifs is 1. The van der Waals surface area contributed by atoms with Crippen molar-refractivity contribution in [3.8, 4) is 11.3 Å². The number of carboxylic acid groups (broad SMARTS) is 1. The monoisotopic (exact) mass is 514 g/mol. The normalized spacial score (nSPS) is 12.1. The fraction of sp³-hybridized carbons (Fsp3) is 0.333. The molecule has 0 aliphatic carbocycles. The van der Waals surface area contributed by atoms with E-state index in [-0.39, 0.29) is 11.5 Å². The maximum Gasteiger partial charge on any atom is 0.335 e. The van der Waals surface area contributed by atoms with E-state index in [1.165, 1.54) is 13.1 Å². The smallest absolute Gasteiger partial charge is 0.335 e. The number of rotatable bonds is 9. The molecule has 4 rings (SSSR count). The number of carboxylic acids is 1. The summed E-state index contributed by atoms with van der Waals surface area (Å²) in [4.78, 5) is 38.5. The Morgan fingerprint density at radius 3 is 2.29 bits per heavy atom. The number of allylic oxidation sites excluding steroid dienone is 2. The largest absolute Gasteiger partial charge is 0.478 e. The molecule has 8 heteroatoms. The quantitative estimate of drug-likeness (QED) is 0.337. The van der Waals surface area contributed by atoms with Crippen LogP contribution in [0.2, 0.25) is 0 Å². The Bertz CT molecular complexity index is 1620. The summed E-state index contributed by atoms with van der Waals surface area (Å²) < 4.78 is 4.39. The fourth-order valence-corrected chi connectivity index (χ4v) is 4.56. The van der Waals surface area contributed by atoms with E-state index < -0.39 is 17.2 Å². The molecule has 0 amide bonds. The molecular formula is C30H34N4O4. The molecule has 0 atom stereocenters. The van der Waals surface area contributed by atoms with Gasteiger partial charge in [0.1, 0.15) is 5.39 Å². The summed E-state index contributed by atoms with van der Waals surface area (Å²) in [6.07, 6.45) is 3.04. The topological polar surface area (TPSA) is 99.1 Å². The van der Waals surface area contributed by atoms with Crippen LogP contribution in [-0.2, 0) is 20.1 Å². The van der Waals surface area contributed by atoms with Crippen LogP contribution < -0.4 is 11.2 Å². The van der Waals surface area contributed by atoms with E-state index in [0.29, 0.717) is 41.3 Å². The summed E-state index contributed by atoms with van der Waals surface area (Å²) in [5, 5.41) is 14.8. The van der Waals surface area contributed by atoms with E-state index in [2.05, 4.69) is 19.9 Å². The van der Waals surface area contributed by atoms with Crippen LogP contribution in [0.3, 0.4) is 0 Å². The Morgan fingerprint density at radius 2 is 1.66 bits per heavy atom. The summed E-state index contributed by atoms with van der Waals surface area (Å²) >= 11 is 0. The lowest BCUT2D eigenvalue weighted by molar-refractivity contribution is 0.0697. The van der Waals surface area contributed by atoms with Crippen molar-refractivity contribution in [1.82, 2.24) is 18.9 Å². The minimum atomic E-state index is -1.06. The first-order valence-corrected chi connectivity index (χ1v) is 12.9. The van der Waals surface area contributed by atoms with Gasteiger partial charge in [0.05, 0.1) is 17.8 Å². The van der Waals surface area contributed by atoms with E-state index in [0.717, 1.165) is 22.1 Å². The van der Waals surface area contributed by atoms with Gasteiger partial charge in [-0.05, 0) is 41.5 Å². The fourth-order valence-electron chi connectivity index (χ4n) is 4.56. The van der Waals surface area contributed by atoms with E-state index >= 15 is 0 Å². The Balaban J connectivity index is 2.06. The molecule has 8 nitrogen and oxygen atoms in total. The Morgan fingerprint density at radius 1 is 0.974 bits per heavy atom. The number of benzene rings is 2. The standard InChI is InChI=1S/C30H34N4O4/c1-19(2)14-15-24(21-10-7-6-8-11-21)18-34-26(22-12-9-13-23(16-22)29(36)37)25-27(31-34)33(17-20(3)4)30(38)32(5)28(25)35/h6-13,15-16,19-20H,14,17-18H2,1-5H3,(H,36,37). The summed E-state index contributed by atoms with van der Waals surface area (Å²) in [5.74, 6) is -0.475. The summed E-state index contributed by atoms with van der Waals surface area (Å²) in [6, 6.07) is 16.5. The lowest BCUT2D eigenvalue weighted by Gasteiger charge is -2.13. The van der Waals surface area contributed by atoms with Crippen molar-refractivity contribution in [3.63, 3.8) is 0 Å². The number of aromatic nitrogens is 4. The van der Waals surface area contributed by atoms with Crippen molar-refractivity contribution >= 4 is 22.6 Å². The molecule has 2 aromatic carbocycles. The highest BCUT2D eigenvalue weighted by atomic mass is 16.4. The molecule has 0 saturated carbocycles. The predicted octanol–water partition coefficient (Wildman–Crippen LogP) is 5.05. The summed E-state index contributed by atoms with van der Waals surface area (Å²) in [6.45, 7) is 9.04. The molecule has 1 N–H and O–H groups in total. The minimum Gasteiger partial charge on any atom is -0.478 e. The molecule has 0 unspecified atom stereocenters. The first-order valence-electron chi connectivity index (χ1n) is 12.9. The summed E-state index contributed by atoms with van der Waals surface area (Å²) in [7, 11) is 1.47. The van der Waals surface area contributed by atoms with Gasteiger partial charge in [0.25, 0.3) is 5.56 Å². The van der Waals surface area contributed by atoms with Crippen LogP contribution in [0.4, 0.5) is 0 Å². The van der Waals surface area contributed by atoms with Gasteiger partial charge in [0.2, 0.25) is 0 Å². The second kappa shape index (κ2) is 11.0. The van der Waals surface area contributed by atoms with Gasteiger partial charge in [-0.3, -0.25) is 18.6 Å². The first kappa shape index (κ1) is 26.9. The third-order valence-corrected chi connectivity index (χ3v) is 6.46. The van der Waals surface area contributed by atoms with Crippen LogP contribution in [0, 0.1) is 11.8 Å². The van der Waals surface area contributed by atoms with Crippen LogP contribution >= 0.6 is 0 Å². The third-order valence-electron chi connectivity index (χ3n) is 6.46. The molecule has 0 aliphatic heterocycles.